The maximum atomic E-state index is 13.1. The maximum Gasteiger partial charge on any atom is 0.294 e. The molecular weight excluding hydrogens is 358 g/mol. The molecule has 6 heteroatoms. The van der Waals surface area contributed by atoms with Gasteiger partial charge in [-0.1, -0.05) is 12.1 Å². The fourth-order valence-corrected chi connectivity index (χ4v) is 3.49. The topological polar surface area (TPSA) is 83.9 Å². The number of ketones is 1. The molecule has 0 fully saturated rings. The van der Waals surface area contributed by atoms with Gasteiger partial charge in [-0.3, -0.25) is 14.5 Å². The van der Waals surface area contributed by atoms with Crippen molar-refractivity contribution in [3.8, 4) is 0 Å². The summed E-state index contributed by atoms with van der Waals surface area (Å²) in [5.41, 5.74) is 2.42. The Morgan fingerprint density at radius 1 is 1.07 bits per heavy atom. The number of rotatable bonds is 4. The highest BCUT2D eigenvalue weighted by atomic mass is 16.3. The Hall–Kier alpha value is -3.54. The summed E-state index contributed by atoms with van der Waals surface area (Å²) < 4.78 is 11.0. The van der Waals surface area contributed by atoms with Gasteiger partial charge >= 0.3 is 0 Å². The smallest absolute Gasteiger partial charge is 0.294 e. The van der Waals surface area contributed by atoms with E-state index in [0.717, 1.165) is 11.1 Å². The van der Waals surface area contributed by atoms with Gasteiger partial charge in [0.1, 0.15) is 17.6 Å². The van der Waals surface area contributed by atoms with E-state index in [0.29, 0.717) is 17.2 Å². The third-order valence-electron chi connectivity index (χ3n) is 5.06. The normalized spacial score (nSPS) is 16.9. The second-order valence-electron chi connectivity index (χ2n) is 6.81. The molecule has 6 nitrogen and oxygen atoms in total. The molecule has 0 bridgehead atoms. The van der Waals surface area contributed by atoms with E-state index in [-0.39, 0.29) is 11.3 Å². The number of furan rings is 2. The van der Waals surface area contributed by atoms with Crippen LogP contribution in [-0.4, -0.2) is 16.8 Å². The van der Waals surface area contributed by atoms with Crippen molar-refractivity contribution in [2.45, 2.75) is 26.8 Å². The molecule has 1 aromatic carbocycles. The van der Waals surface area contributed by atoms with Gasteiger partial charge in [0.05, 0.1) is 11.8 Å². The lowest BCUT2D eigenvalue weighted by Gasteiger charge is -2.27. The summed E-state index contributed by atoms with van der Waals surface area (Å²) in [5, 5.41) is 10.6. The van der Waals surface area contributed by atoms with Crippen LogP contribution in [0.2, 0.25) is 0 Å². The second kappa shape index (κ2) is 6.56. The Bertz CT molecular complexity index is 1100. The molecule has 0 saturated heterocycles. The molecule has 4 rings (SSSR count). The van der Waals surface area contributed by atoms with Crippen LogP contribution in [0.15, 0.2) is 68.9 Å². The number of nitrogens with zero attached hydrogens (tertiary/aromatic N) is 1. The van der Waals surface area contributed by atoms with Gasteiger partial charge in [-0.25, -0.2) is 0 Å². The molecule has 28 heavy (non-hydrogen) atoms. The first-order valence-corrected chi connectivity index (χ1v) is 8.87. The van der Waals surface area contributed by atoms with Crippen molar-refractivity contribution in [1.29, 1.82) is 0 Å². The van der Waals surface area contributed by atoms with Crippen LogP contribution in [0, 0.1) is 20.8 Å². The summed E-state index contributed by atoms with van der Waals surface area (Å²) in [7, 11) is 0. The van der Waals surface area contributed by atoms with Gasteiger partial charge in [-0.15, -0.1) is 0 Å². The van der Waals surface area contributed by atoms with Gasteiger partial charge in [-0.05, 0) is 62.2 Å². The molecule has 1 amide bonds. The molecule has 2 aromatic heterocycles. The summed E-state index contributed by atoms with van der Waals surface area (Å²) >= 11 is 0. The van der Waals surface area contributed by atoms with E-state index in [4.69, 9.17) is 8.83 Å². The minimum atomic E-state index is -0.890. The van der Waals surface area contributed by atoms with Crippen molar-refractivity contribution in [1.82, 2.24) is 0 Å². The average molecular weight is 377 g/mol. The third-order valence-corrected chi connectivity index (χ3v) is 5.06. The van der Waals surface area contributed by atoms with E-state index >= 15 is 0 Å². The molecule has 142 valence electrons. The van der Waals surface area contributed by atoms with E-state index in [1.54, 1.807) is 31.2 Å². The minimum absolute atomic E-state index is 0.0467. The number of anilines is 1. The molecule has 0 aliphatic carbocycles. The van der Waals surface area contributed by atoms with Crippen molar-refractivity contribution in [3.63, 3.8) is 0 Å². The Morgan fingerprint density at radius 3 is 2.50 bits per heavy atom. The number of Topliss-reactive ketones (excluding diaryl/α,β-unsaturated/α-hetero) is 1. The van der Waals surface area contributed by atoms with E-state index in [1.165, 1.54) is 17.2 Å². The Balaban J connectivity index is 1.91. The van der Waals surface area contributed by atoms with Crippen molar-refractivity contribution in [2.24, 2.45) is 0 Å². The standard InChI is InChI=1S/C22H19NO5/c1-12-6-4-7-15(14(12)3)23-19(16-10-9-13(2)28-16)18(21(25)22(23)26)20(24)17-8-5-11-27-17/h4-11,19,25H,1-3H3. The molecule has 0 spiro atoms. The Labute approximate surface area is 161 Å². The number of aliphatic hydroxyl groups excluding tert-OH is 1. The Kier molecular flexibility index (Phi) is 4.19. The van der Waals surface area contributed by atoms with E-state index < -0.39 is 23.5 Å². The number of carbonyl (C=O) groups is 2. The molecule has 1 N–H and O–H groups in total. The summed E-state index contributed by atoms with van der Waals surface area (Å²) in [6, 6.07) is 11.2. The SMILES string of the molecule is Cc1ccc(C2C(C(=O)c3ccco3)=C(O)C(=O)N2c2cccc(C)c2C)o1. The molecule has 0 radical (unpaired) electrons. The average Bonchev–Trinajstić information content (AvgIpc) is 3.39. The van der Waals surface area contributed by atoms with E-state index in [2.05, 4.69) is 0 Å². The molecular formula is C22H19NO5. The Morgan fingerprint density at radius 2 is 1.86 bits per heavy atom. The van der Waals surface area contributed by atoms with Crippen LogP contribution in [0.4, 0.5) is 5.69 Å². The number of hydrogen-bond acceptors (Lipinski definition) is 5. The first-order chi connectivity index (χ1) is 13.4. The van der Waals surface area contributed by atoms with E-state index in [9.17, 15) is 14.7 Å². The molecule has 3 aromatic rings. The molecule has 1 aliphatic heterocycles. The summed E-state index contributed by atoms with van der Waals surface area (Å²) in [6.45, 7) is 5.61. The quantitative estimate of drug-likeness (QED) is 0.673. The molecule has 1 unspecified atom stereocenters. The summed E-state index contributed by atoms with van der Waals surface area (Å²) in [4.78, 5) is 27.5. The van der Waals surface area contributed by atoms with Gasteiger partial charge in [-0.2, -0.15) is 0 Å². The summed E-state index contributed by atoms with van der Waals surface area (Å²) in [5.74, 6) is -0.720. The zero-order valence-corrected chi connectivity index (χ0v) is 15.7. The zero-order chi connectivity index (χ0) is 20.0. The molecule has 1 atom stereocenters. The zero-order valence-electron chi connectivity index (χ0n) is 15.7. The number of aliphatic hydroxyl groups is 1. The molecule has 1 aliphatic rings. The van der Waals surface area contributed by atoms with Crippen LogP contribution < -0.4 is 4.90 Å². The van der Waals surface area contributed by atoms with Crippen LogP contribution in [0.3, 0.4) is 0 Å². The lowest BCUT2D eigenvalue weighted by atomic mass is 9.98. The largest absolute Gasteiger partial charge is 0.503 e. The van der Waals surface area contributed by atoms with Crippen LogP contribution in [0.5, 0.6) is 0 Å². The lowest BCUT2D eigenvalue weighted by molar-refractivity contribution is -0.117. The second-order valence-corrected chi connectivity index (χ2v) is 6.81. The highest BCUT2D eigenvalue weighted by Crippen LogP contribution is 2.43. The first kappa shape index (κ1) is 17.9. The highest BCUT2D eigenvalue weighted by molar-refractivity contribution is 6.20. The van der Waals surface area contributed by atoms with Gasteiger partial charge in [0.15, 0.2) is 11.5 Å². The lowest BCUT2D eigenvalue weighted by Crippen LogP contribution is -2.31. The maximum absolute atomic E-state index is 13.1. The third kappa shape index (κ3) is 2.65. The predicted octanol–water partition coefficient (Wildman–Crippen LogP) is 4.58. The van der Waals surface area contributed by atoms with Crippen LogP contribution in [-0.2, 0) is 4.79 Å². The highest BCUT2D eigenvalue weighted by Gasteiger charge is 2.47. The monoisotopic (exact) mass is 377 g/mol. The fraction of sp³-hybridized carbons (Fsp3) is 0.182. The van der Waals surface area contributed by atoms with Crippen LogP contribution >= 0.6 is 0 Å². The van der Waals surface area contributed by atoms with Crippen molar-refractivity contribution in [2.75, 3.05) is 4.90 Å². The van der Waals surface area contributed by atoms with Gasteiger partial charge in [0, 0.05) is 5.69 Å². The van der Waals surface area contributed by atoms with Crippen LogP contribution in [0.25, 0.3) is 0 Å². The number of carbonyl (C=O) groups excluding carboxylic acids is 2. The number of aryl methyl sites for hydroxylation is 2. The van der Waals surface area contributed by atoms with Gasteiger partial charge in [0.2, 0.25) is 5.78 Å². The van der Waals surface area contributed by atoms with Crippen LogP contribution in [0.1, 0.15) is 39.2 Å². The summed E-state index contributed by atoms with van der Waals surface area (Å²) in [6.07, 6.45) is 1.37. The minimum Gasteiger partial charge on any atom is -0.503 e. The van der Waals surface area contributed by atoms with Crippen molar-refractivity contribution >= 4 is 17.4 Å². The van der Waals surface area contributed by atoms with Gasteiger partial charge < -0.3 is 13.9 Å². The number of hydrogen-bond donors (Lipinski definition) is 1. The van der Waals surface area contributed by atoms with Crippen molar-refractivity contribution in [3.05, 3.63) is 88.5 Å². The molecule has 0 saturated carbocycles. The fourth-order valence-electron chi connectivity index (χ4n) is 3.49. The number of benzene rings is 1. The number of amides is 1. The van der Waals surface area contributed by atoms with Gasteiger partial charge in [0.25, 0.3) is 5.91 Å². The molecule has 3 heterocycles. The van der Waals surface area contributed by atoms with Crippen molar-refractivity contribution < 1.29 is 23.5 Å². The van der Waals surface area contributed by atoms with E-state index in [1.807, 2.05) is 26.0 Å². The predicted molar refractivity (Wildman–Crippen MR) is 102 cm³/mol. The first-order valence-electron chi connectivity index (χ1n) is 8.87.